The van der Waals surface area contributed by atoms with Gasteiger partial charge in [-0.05, 0) is 37.5 Å². The number of carbonyl (C=O) groups excluding carboxylic acids is 2. The molecule has 0 radical (unpaired) electrons. The molecular formula is C19H26F2N2O2. The second-order valence-electron chi connectivity index (χ2n) is 6.57. The first-order valence-electron chi connectivity index (χ1n) is 9.05. The molecule has 1 saturated heterocycles. The zero-order valence-corrected chi connectivity index (χ0v) is 14.7. The Morgan fingerprint density at radius 2 is 2.04 bits per heavy atom. The molecule has 1 aromatic rings. The minimum Gasteiger partial charge on any atom is -0.356 e. The Morgan fingerprint density at radius 1 is 1.24 bits per heavy atom. The maximum Gasteiger partial charge on any atom is 0.256 e. The highest BCUT2D eigenvalue weighted by Crippen LogP contribution is 2.20. The van der Waals surface area contributed by atoms with Crippen LogP contribution >= 0.6 is 0 Å². The third-order valence-electron chi connectivity index (χ3n) is 4.57. The van der Waals surface area contributed by atoms with Crippen LogP contribution in [0.5, 0.6) is 0 Å². The number of benzene rings is 1. The molecule has 25 heavy (non-hydrogen) atoms. The summed E-state index contributed by atoms with van der Waals surface area (Å²) in [4.78, 5) is 26.2. The molecule has 138 valence electrons. The van der Waals surface area contributed by atoms with Crippen molar-refractivity contribution in [3.05, 3.63) is 35.4 Å². The molecule has 0 aromatic heterocycles. The molecule has 1 fully saturated rings. The molecule has 6 heteroatoms. The van der Waals surface area contributed by atoms with Gasteiger partial charge in [0.15, 0.2) is 0 Å². The van der Waals surface area contributed by atoms with E-state index < -0.39 is 17.5 Å². The molecule has 1 aromatic carbocycles. The molecular weight excluding hydrogens is 326 g/mol. The minimum atomic E-state index is -0.742. The molecule has 0 saturated carbocycles. The molecule has 2 amide bonds. The second kappa shape index (κ2) is 9.49. The fourth-order valence-corrected chi connectivity index (χ4v) is 3.12. The lowest BCUT2D eigenvalue weighted by Gasteiger charge is -2.32. The molecule has 2 rings (SSSR count). The highest BCUT2D eigenvalue weighted by molar-refractivity contribution is 5.95. The molecule has 0 aliphatic carbocycles. The average molecular weight is 352 g/mol. The fraction of sp³-hybridized carbons (Fsp3) is 0.579. The summed E-state index contributed by atoms with van der Waals surface area (Å²) in [5, 5.41) is 2.92. The summed E-state index contributed by atoms with van der Waals surface area (Å²) >= 11 is 0. The van der Waals surface area contributed by atoms with Gasteiger partial charge in [-0.15, -0.1) is 0 Å². The lowest BCUT2D eigenvalue weighted by Crippen LogP contribution is -2.45. The van der Waals surface area contributed by atoms with Gasteiger partial charge in [-0.3, -0.25) is 9.59 Å². The average Bonchev–Trinajstić information content (AvgIpc) is 2.63. The number of piperidine rings is 1. The standard InChI is InChI=1S/C19H26F2N2O2/c1-2-3-4-5-10-22-18(24)14-7-6-11-23(13-14)19(25)16-12-15(20)8-9-17(16)21/h8-9,12,14H,2-7,10-11,13H2,1H3,(H,22,24). The Morgan fingerprint density at radius 3 is 2.80 bits per heavy atom. The summed E-state index contributed by atoms with van der Waals surface area (Å²) < 4.78 is 27.1. The molecule has 4 nitrogen and oxygen atoms in total. The van der Waals surface area contributed by atoms with Gasteiger partial charge in [-0.25, -0.2) is 8.78 Å². The van der Waals surface area contributed by atoms with Crippen LogP contribution in [0.1, 0.15) is 55.8 Å². The summed E-state index contributed by atoms with van der Waals surface area (Å²) in [6, 6.07) is 2.85. The van der Waals surface area contributed by atoms with Crippen molar-refractivity contribution in [3.63, 3.8) is 0 Å². The van der Waals surface area contributed by atoms with Crippen LogP contribution in [0.2, 0.25) is 0 Å². The van der Waals surface area contributed by atoms with Crippen molar-refractivity contribution in [2.75, 3.05) is 19.6 Å². The molecule has 1 atom stereocenters. The van der Waals surface area contributed by atoms with Crippen LogP contribution in [-0.2, 0) is 4.79 Å². The van der Waals surface area contributed by atoms with Gasteiger partial charge in [0.05, 0.1) is 11.5 Å². The molecule has 0 spiro atoms. The van der Waals surface area contributed by atoms with E-state index in [0.717, 1.165) is 43.9 Å². The zero-order valence-electron chi connectivity index (χ0n) is 14.7. The number of hydrogen-bond acceptors (Lipinski definition) is 2. The Hall–Kier alpha value is -1.98. The van der Waals surface area contributed by atoms with E-state index in [0.29, 0.717) is 25.9 Å². The Labute approximate surface area is 147 Å². The van der Waals surface area contributed by atoms with E-state index in [9.17, 15) is 18.4 Å². The van der Waals surface area contributed by atoms with Crippen molar-refractivity contribution < 1.29 is 18.4 Å². The van der Waals surface area contributed by atoms with Crippen LogP contribution in [0.15, 0.2) is 18.2 Å². The van der Waals surface area contributed by atoms with Crippen LogP contribution in [0, 0.1) is 17.6 Å². The van der Waals surface area contributed by atoms with Gasteiger partial charge in [0.2, 0.25) is 5.91 Å². The van der Waals surface area contributed by atoms with Gasteiger partial charge in [0, 0.05) is 19.6 Å². The Kier molecular flexibility index (Phi) is 7.34. The van der Waals surface area contributed by atoms with Crippen molar-refractivity contribution in [1.82, 2.24) is 10.2 Å². The van der Waals surface area contributed by atoms with Crippen LogP contribution in [0.25, 0.3) is 0 Å². The lowest BCUT2D eigenvalue weighted by molar-refractivity contribution is -0.126. The van der Waals surface area contributed by atoms with Crippen molar-refractivity contribution in [2.45, 2.75) is 45.4 Å². The first kappa shape index (κ1) is 19.3. The minimum absolute atomic E-state index is 0.0614. The number of halogens is 2. The quantitative estimate of drug-likeness (QED) is 0.764. The molecule has 0 bridgehead atoms. The molecule has 1 aliphatic heterocycles. The van der Waals surface area contributed by atoms with E-state index in [4.69, 9.17) is 0 Å². The van der Waals surface area contributed by atoms with Crippen molar-refractivity contribution in [3.8, 4) is 0 Å². The van der Waals surface area contributed by atoms with Crippen molar-refractivity contribution in [2.24, 2.45) is 5.92 Å². The van der Waals surface area contributed by atoms with Gasteiger partial charge in [-0.2, -0.15) is 0 Å². The number of unbranched alkanes of at least 4 members (excludes halogenated alkanes) is 3. The fourth-order valence-electron chi connectivity index (χ4n) is 3.12. The molecule has 1 unspecified atom stereocenters. The van der Waals surface area contributed by atoms with E-state index in [-0.39, 0.29) is 23.9 Å². The van der Waals surface area contributed by atoms with Crippen LogP contribution < -0.4 is 5.32 Å². The van der Waals surface area contributed by atoms with Gasteiger partial charge >= 0.3 is 0 Å². The van der Waals surface area contributed by atoms with E-state index in [2.05, 4.69) is 12.2 Å². The SMILES string of the molecule is CCCCCCNC(=O)C1CCCN(C(=O)c2cc(F)ccc2F)C1. The maximum absolute atomic E-state index is 13.8. The number of nitrogens with zero attached hydrogens (tertiary/aromatic N) is 1. The largest absolute Gasteiger partial charge is 0.356 e. The number of rotatable bonds is 7. The monoisotopic (exact) mass is 352 g/mol. The smallest absolute Gasteiger partial charge is 0.256 e. The number of hydrogen-bond donors (Lipinski definition) is 1. The normalized spacial score (nSPS) is 17.4. The third-order valence-corrected chi connectivity index (χ3v) is 4.57. The molecule has 1 aliphatic rings. The zero-order chi connectivity index (χ0) is 18.2. The lowest BCUT2D eigenvalue weighted by atomic mass is 9.96. The van der Waals surface area contributed by atoms with Gasteiger partial charge in [-0.1, -0.05) is 26.2 Å². The van der Waals surface area contributed by atoms with Crippen molar-refractivity contribution >= 4 is 11.8 Å². The topological polar surface area (TPSA) is 49.4 Å². The summed E-state index contributed by atoms with van der Waals surface area (Å²) in [7, 11) is 0. The Balaban J connectivity index is 1.90. The van der Waals surface area contributed by atoms with Crippen molar-refractivity contribution in [1.29, 1.82) is 0 Å². The number of likely N-dealkylation sites (tertiary alicyclic amines) is 1. The van der Waals surface area contributed by atoms with Crippen LogP contribution in [0.4, 0.5) is 8.78 Å². The number of amides is 2. The summed E-state index contributed by atoms with van der Waals surface area (Å²) in [6.45, 7) is 3.47. The van der Waals surface area contributed by atoms with E-state index in [1.54, 1.807) is 0 Å². The van der Waals surface area contributed by atoms with E-state index in [1.807, 2.05) is 0 Å². The summed E-state index contributed by atoms with van der Waals surface area (Å²) in [5.41, 5.74) is -0.277. The third kappa shape index (κ3) is 5.51. The predicted octanol–water partition coefficient (Wildman–Crippen LogP) is 3.51. The highest BCUT2D eigenvalue weighted by atomic mass is 19.1. The Bertz CT molecular complexity index is 607. The molecule has 1 N–H and O–H groups in total. The highest BCUT2D eigenvalue weighted by Gasteiger charge is 2.29. The van der Waals surface area contributed by atoms with Gasteiger partial charge < -0.3 is 10.2 Å². The second-order valence-corrected chi connectivity index (χ2v) is 6.57. The van der Waals surface area contributed by atoms with Gasteiger partial charge in [0.1, 0.15) is 11.6 Å². The first-order valence-corrected chi connectivity index (χ1v) is 9.05. The number of nitrogens with one attached hydrogen (secondary N) is 1. The molecule has 1 heterocycles. The number of carbonyl (C=O) groups is 2. The van der Waals surface area contributed by atoms with Crippen LogP contribution in [0.3, 0.4) is 0 Å². The first-order chi connectivity index (χ1) is 12.0. The summed E-state index contributed by atoms with van der Waals surface area (Å²) in [5.74, 6) is -2.30. The maximum atomic E-state index is 13.8. The van der Waals surface area contributed by atoms with E-state index >= 15 is 0 Å². The van der Waals surface area contributed by atoms with Gasteiger partial charge in [0.25, 0.3) is 5.91 Å². The van der Waals surface area contributed by atoms with Crippen LogP contribution in [-0.4, -0.2) is 36.3 Å². The predicted molar refractivity (Wildman–Crippen MR) is 92.1 cm³/mol. The summed E-state index contributed by atoms with van der Waals surface area (Å²) in [6.07, 6.45) is 5.71. The van der Waals surface area contributed by atoms with E-state index in [1.165, 1.54) is 4.90 Å².